The van der Waals surface area contributed by atoms with E-state index in [-0.39, 0.29) is 11.1 Å². The van der Waals surface area contributed by atoms with E-state index in [1.165, 1.54) is 23.6 Å². The third kappa shape index (κ3) is 3.54. The van der Waals surface area contributed by atoms with Crippen LogP contribution in [0.15, 0.2) is 95.8 Å². The number of hydrogen-bond donors (Lipinski definition) is 0. The quantitative estimate of drug-likeness (QED) is 0.280. The molecule has 0 fully saturated rings. The largest absolute Gasteiger partial charge is 0.288 e. The highest BCUT2D eigenvalue weighted by Gasteiger charge is 2.13. The van der Waals surface area contributed by atoms with Crippen molar-refractivity contribution in [3.05, 3.63) is 123 Å². The molecule has 6 nitrogen and oxygen atoms in total. The summed E-state index contributed by atoms with van der Waals surface area (Å²) in [6.45, 7) is 0. The first kappa shape index (κ1) is 19.4. The smallest absolute Gasteiger partial charge is 0.269 e. The molecule has 0 atom stereocenters. The summed E-state index contributed by atoms with van der Waals surface area (Å²) in [6.07, 6.45) is 3.85. The third-order valence-corrected chi connectivity index (χ3v) is 5.32. The zero-order valence-electron chi connectivity index (χ0n) is 16.9. The molecule has 0 N–H and O–H groups in total. The molecule has 1 heterocycles. The summed E-state index contributed by atoms with van der Waals surface area (Å²) >= 11 is 0. The lowest BCUT2D eigenvalue weighted by molar-refractivity contribution is -0.384. The molecule has 154 valence electrons. The zero-order valence-corrected chi connectivity index (χ0v) is 16.9. The number of benzene rings is 3. The number of nitro benzene ring substituents is 1. The van der Waals surface area contributed by atoms with Gasteiger partial charge in [-0.2, -0.15) is 5.10 Å². The van der Waals surface area contributed by atoms with Gasteiger partial charge in [0, 0.05) is 17.5 Å². The van der Waals surface area contributed by atoms with Crippen molar-refractivity contribution < 1.29 is 4.92 Å². The predicted octanol–water partition coefficient (Wildman–Crippen LogP) is 5.62. The van der Waals surface area contributed by atoms with E-state index in [2.05, 4.69) is 29.4 Å². The summed E-state index contributed by atoms with van der Waals surface area (Å²) in [4.78, 5) is 23.3. The molecule has 1 aromatic heterocycles. The first-order chi connectivity index (χ1) is 15.6. The Morgan fingerprint density at radius 1 is 0.812 bits per heavy atom. The Bertz CT molecular complexity index is 1570. The fraction of sp³-hybridized carbons (Fsp3) is 0. The molecular weight excluding hydrogens is 402 g/mol. The molecule has 0 saturated heterocycles. The van der Waals surface area contributed by atoms with Crippen molar-refractivity contribution in [2.45, 2.75) is 0 Å². The van der Waals surface area contributed by atoms with Gasteiger partial charge in [-0.05, 0) is 46.7 Å². The van der Waals surface area contributed by atoms with Crippen molar-refractivity contribution >= 4 is 39.5 Å². The second kappa shape index (κ2) is 7.92. The maximum atomic E-state index is 12.8. The number of rotatable bonds is 4. The highest BCUT2D eigenvalue weighted by molar-refractivity contribution is 5.91. The normalized spacial score (nSPS) is 11.4. The summed E-state index contributed by atoms with van der Waals surface area (Å²) in [7, 11) is 0. The Morgan fingerprint density at radius 2 is 1.53 bits per heavy atom. The van der Waals surface area contributed by atoms with Crippen LogP contribution in [0.2, 0.25) is 0 Å². The maximum Gasteiger partial charge on any atom is 0.269 e. The van der Waals surface area contributed by atoms with Crippen LogP contribution in [0.4, 0.5) is 5.69 Å². The molecule has 0 saturated carbocycles. The highest BCUT2D eigenvalue weighted by atomic mass is 16.6. The summed E-state index contributed by atoms with van der Waals surface area (Å²) in [5.74, 6) is 0. The van der Waals surface area contributed by atoms with Gasteiger partial charge in [-0.15, -0.1) is 0 Å². The van der Waals surface area contributed by atoms with Crippen molar-refractivity contribution in [1.82, 2.24) is 9.78 Å². The van der Waals surface area contributed by atoms with Crippen LogP contribution in [0.5, 0.6) is 0 Å². The summed E-state index contributed by atoms with van der Waals surface area (Å²) < 4.78 is 1.54. The molecule has 5 rings (SSSR count). The molecule has 0 spiro atoms. The molecule has 0 radical (unpaired) electrons. The van der Waals surface area contributed by atoms with Crippen LogP contribution < -0.4 is 5.43 Å². The van der Waals surface area contributed by atoms with E-state index >= 15 is 0 Å². The molecule has 0 bridgehead atoms. The lowest BCUT2D eigenvalue weighted by Crippen LogP contribution is -2.05. The first-order valence-electron chi connectivity index (χ1n) is 10.0. The minimum Gasteiger partial charge on any atom is -0.288 e. The van der Waals surface area contributed by atoms with E-state index in [4.69, 9.17) is 0 Å². The molecule has 0 aliphatic rings. The Hall–Kier alpha value is -4.58. The van der Waals surface area contributed by atoms with Gasteiger partial charge in [0.05, 0.1) is 16.3 Å². The van der Waals surface area contributed by atoms with Gasteiger partial charge in [0.1, 0.15) is 5.52 Å². The molecule has 0 aliphatic heterocycles. The van der Waals surface area contributed by atoms with Crippen molar-refractivity contribution in [3.63, 3.8) is 0 Å². The van der Waals surface area contributed by atoms with E-state index in [9.17, 15) is 14.9 Å². The van der Waals surface area contributed by atoms with Crippen molar-refractivity contribution in [2.75, 3.05) is 0 Å². The van der Waals surface area contributed by atoms with Crippen LogP contribution in [0.3, 0.4) is 0 Å². The lowest BCUT2D eigenvalue weighted by Gasteiger charge is -2.01. The number of aromatic nitrogens is 2. The van der Waals surface area contributed by atoms with Gasteiger partial charge < -0.3 is 0 Å². The molecular formula is C26H17N3O3. The second-order valence-electron chi connectivity index (χ2n) is 7.36. The van der Waals surface area contributed by atoms with E-state index in [0.29, 0.717) is 22.3 Å². The lowest BCUT2D eigenvalue weighted by atomic mass is 10.1. The van der Waals surface area contributed by atoms with Crippen LogP contribution in [0.1, 0.15) is 11.3 Å². The SMILES string of the molecule is O=c1ccccc2c(/C=C/c3ccc4ccccc4c3)nn(-c3ccc([N+](=O)[O-])cc3)c12. The molecule has 5 aromatic rings. The van der Waals surface area contributed by atoms with E-state index in [1.54, 1.807) is 28.9 Å². The first-order valence-corrected chi connectivity index (χ1v) is 10.0. The molecule has 0 amide bonds. The molecule has 0 unspecified atom stereocenters. The standard InChI is InChI=1S/C26H17N3O3/c30-25-8-4-3-7-23-24(16-10-18-9-11-19-5-1-2-6-20(19)17-18)27-28(26(23)25)21-12-14-22(15-13-21)29(31)32/h1-17H/b16-10+. The summed E-state index contributed by atoms with van der Waals surface area (Å²) in [5.41, 5.74) is 2.45. The topological polar surface area (TPSA) is 78.0 Å². The van der Waals surface area contributed by atoms with Crippen molar-refractivity contribution in [1.29, 1.82) is 0 Å². The van der Waals surface area contributed by atoms with Gasteiger partial charge in [0.25, 0.3) is 5.69 Å². The van der Waals surface area contributed by atoms with Crippen molar-refractivity contribution in [3.8, 4) is 5.69 Å². The fourth-order valence-electron chi connectivity index (χ4n) is 3.73. The van der Waals surface area contributed by atoms with Gasteiger partial charge in [-0.3, -0.25) is 14.9 Å². The number of nitro groups is 1. The average Bonchev–Trinajstić information content (AvgIpc) is 3.07. The van der Waals surface area contributed by atoms with E-state index < -0.39 is 4.92 Å². The second-order valence-corrected chi connectivity index (χ2v) is 7.36. The zero-order chi connectivity index (χ0) is 22.1. The van der Waals surface area contributed by atoms with Crippen LogP contribution in [0, 0.1) is 10.1 Å². The number of nitrogens with zero attached hydrogens (tertiary/aromatic N) is 3. The Labute approximate surface area is 182 Å². The summed E-state index contributed by atoms with van der Waals surface area (Å²) in [6, 6.07) is 27.2. The molecule has 6 heteroatoms. The summed E-state index contributed by atoms with van der Waals surface area (Å²) in [5, 5.41) is 18.7. The van der Waals surface area contributed by atoms with Gasteiger partial charge in [0.15, 0.2) is 0 Å². The predicted molar refractivity (Wildman–Crippen MR) is 127 cm³/mol. The number of hydrogen-bond acceptors (Lipinski definition) is 4. The van der Waals surface area contributed by atoms with Crippen LogP contribution in [-0.4, -0.2) is 14.7 Å². The average molecular weight is 419 g/mol. The maximum absolute atomic E-state index is 12.8. The number of fused-ring (bicyclic) bond motifs is 2. The van der Waals surface area contributed by atoms with Gasteiger partial charge >= 0.3 is 0 Å². The van der Waals surface area contributed by atoms with Gasteiger partial charge in [0.2, 0.25) is 5.43 Å². The van der Waals surface area contributed by atoms with Crippen molar-refractivity contribution in [2.24, 2.45) is 0 Å². The van der Waals surface area contributed by atoms with Crippen LogP contribution >= 0.6 is 0 Å². The Morgan fingerprint density at radius 3 is 2.31 bits per heavy atom. The molecule has 32 heavy (non-hydrogen) atoms. The Balaban J connectivity index is 1.64. The Kier molecular flexibility index (Phi) is 4.80. The van der Waals surface area contributed by atoms with Gasteiger partial charge in [-0.25, -0.2) is 4.68 Å². The molecule has 0 aliphatic carbocycles. The molecule has 4 aromatic carbocycles. The third-order valence-electron chi connectivity index (χ3n) is 5.32. The minimum atomic E-state index is -0.457. The van der Waals surface area contributed by atoms with E-state index in [1.807, 2.05) is 36.4 Å². The minimum absolute atomic E-state index is 0.0189. The van der Waals surface area contributed by atoms with Gasteiger partial charge in [-0.1, -0.05) is 60.7 Å². The fourth-order valence-corrected chi connectivity index (χ4v) is 3.73. The highest BCUT2D eigenvalue weighted by Crippen LogP contribution is 2.23. The monoisotopic (exact) mass is 419 g/mol. The van der Waals surface area contributed by atoms with E-state index in [0.717, 1.165) is 10.9 Å². The van der Waals surface area contributed by atoms with Crippen LogP contribution in [0.25, 0.3) is 39.5 Å². The number of non-ortho nitro benzene ring substituents is 1. The van der Waals surface area contributed by atoms with Crippen LogP contribution in [-0.2, 0) is 0 Å².